The lowest BCUT2D eigenvalue weighted by Gasteiger charge is -2.40. The van der Waals surface area contributed by atoms with Gasteiger partial charge in [0.2, 0.25) is 0 Å². The van der Waals surface area contributed by atoms with Crippen LogP contribution in [0.15, 0.2) is 24.5 Å². The summed E-state index contributed by atoms with van der Waals surface area (Å²) in [5.41, 5.74) is 2.14. The van der Waals surface area contributed by atoms with Gasteiger partial charge in [0.15, 0.2) is 23.8 Å². The van der Waals surface area contributed by atoms with E-state index < -0.39 is 0 Å². The Labute approximate surface area is 303 Å². The Hall–Kier alpha value is -2.21. The van der Waals surface area contributed by atoms with Crippen molar-refractivity contribution in [3.8, 4) is 5.75 Å². The van der Waals surface area contributed by atoms with Gasteiger partial charge >= 0.3 is 0 Å². The standard InChI is InChI=1S/C18H24ClN3O2.C11H11Cl2N3O.C7H14O/c1-2-18(7-5-8-18)12-24-14-10-15(19)21-17-13(14)11-20-22(17)16-6-3-4-9-23-16;12-8-5-9(13)15-11-7(8)6-14-16(11)10-3-1-2-4-17-10;1-2-7(6-8)4-3-5-7/h10-11,16H,2-9,12H2,1H3;5-6,10H,1-4H2;8H,2-6H2,1H3. The number of nitrogens with zero attached hydrogens (tertiary/aromatic N) is 6. The average Bonchev–Trinajstić information content (AvgIpc) is 3.71. The number of pyridine rings is 2. The number of hydrogen-bond donors (Lipinski definition) is 1. The number of aliphatic hydroxyl groups excluding tert-OH is 1. The summed E-state index contributed by atoms with van der Waals surface area (Å²) in [4.78, 5) is 8.75. The van der Waals surface area contributed by atoms with Crippen LogP contribution in [-0.2, 0) is 9.47 Å². The summed E-state index contributed by atoms with van der Waals surface area (Å²) in [6.45, 7) is 7.09. The zero-order chi connectivity index (χ0) is 34.4. The summed E-state index contributed by atoms with van der Waals surface area (Å²) < 4.78 is 21.3. The topological polar surface area (TPSA) is 109 Å². The summed E-state index contributed by atoms with van der Waals surface area (Å²) in [6.07, 6.45) is 19.8. The molecule has 2 unspecified atom stereocenters. The summed E-state index contributed by atoms with van der Waals surface area (Å²) in [6, 6.07) is 3.43. The van der Waals surface area contributed by atoms with E-state index in [0.717, 1.165) is 93.4 Å². The second kappa shape index (κ2) is 16.4. The first-order chi connectivity index (χ1) is 23.8. The molecular weight excluding hydrogens is 687 g/mol. The Morgan fingerprint density at radius 2 is 1.29 bits per heavy atom. The Morgan fingerprint density at radius 1 is 0.755 bits per heavy atom. The average molecular weight is 736 g/mol. The Kier molecular flexibility index (Phi) is 12.3. The summed E-state index contributed by atoms with van der Waals surface area (Å²) in [5, 5.41) is 20.8. The first-order valence-electron chi connectivity index (χ1n) is 18.0. The molecule has 13 heteroatoms. The van der Waals surface area contributed by atoms with E-state index in [4.69, 9.17) is 54.1 Å². The molecule has 0 bridgehead atoms. The van der Waals surface area contributed by atoms with Crippen molar-refractivity contribution in [3.05, 3.63) is 39.9 Å². The fourth-order valence-electron chi connectivity index (χ4n) is 7.09. The molecule has 0 spiro atoms. The minimum absolute atomic E-state index is 0.0521. The van der Waals surface area contributed by atoms with E-state index in [9.17, 15) is 0 Å². The zero-order valence-corrected chi connectivity index (χ0v) is 30.9. The highest BCUT2D eigenvalue weighted by Crippen LogP contribution is 2.45. The van der Waals surface area contributed by atoms with Gasteiger partial charge in [0.1, 0.15) is 16.1 Å². The number of aromatic nitrogens is 6. The van der Waals surface area contributed by atoms with Gasteiger partial charge in [-0.15, -0.1) is 0 Å². The van der Waals surface area contributed by atoms with Gasteiger partial charge < -0.3 is 19.3 Å². The molecule has 2 saturated carbocycles. The molecular formula is C36H49Cl3N6O4. The Bertz CT molecular complexity index is 1660. The third kappa shape index (κ3) is 8.31. The van der Waals surface area contributed by atoms with E-state index in [-0.39, 0.29) is 12.5 Å². The molecule has 2 aliphatic heterocycles. The van der Waals surface area contributed by atoms with Crippen molar-refractivity contribution in [2.75, 3.05) is 26.4 Å². The number of aliphatic hydroxyl groups is 1. The molecule has 0 amide bonds. The third-order valence-electron chi connectivity index (χ3n) is 11.0. The van der Waals surface area contributed by atoms with E-state index in [1.165, 1.54) is 38.5 Å². The molecule has 10 nitrogen and oxygen atoms in total. The van der Waals surface area contributed by atoms with Crippen LogP contribution in [0.4, 0.5) is 0 Å². The number of halogens is 3. The lowest BCUT2D eigenvalue weighted by Crippen LogP contribution is -2.34. The molecule has 4 aromatic heterocycles. The number of ether oxygens (including phenoxy) is 3. The monoisotopic (exact) mass is 734 g/mol. The maximum absolute atomic E-state index is 8.84. The largest absolute Gasteiger partial charge is 0.492 e. The van der Waals surface area contributed by atoms with Gasteiger partial charge in [0.05, 0.1) is 34.8 Å². The molecule has 49 heavy (non-hydrogen) atoms. The van der Waals surface area contributed by atoms with Gasteiger partial charge in [0.25, 0.3) is 0 Å². The molecule has 2 aliphatic carbocycles. The second-order valence-corrected chi connectivity index (χ2v) is 15.2. The van der Waals surface area contributed by atoms with E-state index in [0.29, 0.717) is 38.4 Å². The predicted octanol–water partition coefficient (Wildman–Crippen LogP) is 9.74. The van der Waals surface area contributed by atoms with Crippen molar-refractivity contribution >= 4 is 56.9 Å². The quantitative estimate of drug-likeness (QED) is 0.178. The van der Waals surface area contributed by atoms with Crippen LogP contribution in [0.1, 0.15) is 116 Å². The molecule has 2 saturated heterocycles. The SMILES string of the molecule is CCC1(CO)CCC1.CCC1(COc2cc(Cl)nc3c2cnn3C2CCCCO2)CCC1.Clc1cc(Cl)c2cnn(C3CCCCO3)c2n1. The summed E-state index contributed by atoms with van der Waals surface area (Å²) >= 11 is 18.3. The Morgan fingerprint density at radius 3 is 1.73 bits per heavy atom. The minimum Gasteiger partial charge on any atom is -0.492 e. The van der Waals surface area contributed by atoms with Crippen LogP contribution in [0.3, 0.4) is 0 Å². The molecule has 268 valence electrons. The lowest BCUT2D eigenvalue weighted by molar-refractivity contribution is -0.0371. The maximum Gasteiger partial charge on any atom is 0.165 e. The highest BCUT2D eigenvalue weighted by atomic mass is 35.5. The minimum atomic E-state index is -0.0525. The predicted molar refractivity (Wildman–Crippen MR) is 193 cm³/mol. The van der Waals surface area contributed by atoms with Crippen molar-refractivity contribution in [2.24, 2.45) is 10.8 Å². The summed E-state index contributed by atoms with van der Waals surface area (Å²) in [5.74, 6) is 0.784. The number of hydrogen-bond acceptors (Lipinski definition) is 8. The van der Waals surface area contributed by atoms with Crippen LogP contribution in [0.2, 0.25) is 15.3 Å². The molecule has 1 N–H and O–H groups in total. The lowest BCUT2D eigenvalue weighted by atomic mass is 9.68. The van der Waals surface area contributed by atoms with Gasteiger partial charge in [-0.2, -0.15) is 10.2 Å². The first kappa shape index (κ1) is 36.6. The van der Waals surface area contributed by atoms with Crippen molar-refractivity contribution in [1.29, 1.82) is 0 Å². The van der Waals surface area contributed by atoms with Crippen LogP contribution in [-0.4, -0.2) is 61.1 Å². The van der Waals surface area contributed by atoms with Crippen molar-refractivity contribution in [2.45, 2.75) is 116 Å². The van der Waals surface area contributed by atoms with E-state index in [1.807, 2.05) is 10.9 Å². The molecule has 4 aliphatic rings. The highest BCUT2D eigenvalue weighted by molar-refractivity contribution is 6.37. The molecule has 4 fully saturated rings. The smallest absolute Gasteiger partial charge is 0.165 e. The molecule has 8 rings (SSSR count). The van der Waals surface area contributed by atoms with Gasteiger partial charge in [-0.3, -0.25) is 0 Å². The fraction of sp³-hybridized carbons (Fsp3) is 0.667. The highest BCUT2D eigenvalue weighted by Gasteiger charge is 2.36. The molecule has 2 atom stereocenters. The van der Waals surface area contributed by atoms with Crippen LogP contribution in [0, 0.1) is 10.8 Å². The maximum atomic E-state index is 8.84. The van der Waals surface area contributed by atoms with Gasteiger partial charge in [-0.1, -0.05) is 61.5 Å². The van der Waals surface area contributed by atoms with Crippen molar-refractivity contribution in [1.82, 2.24) is 29.5 Å². The van der Waals surface area contributed by atoms with Gasteiger partial charge in [-0.25, -0.2) is 19.3 Å². The molecule has 4 aromatic rings. The molecule has 6 heterocycles. The van der Waals surface area contributed by atoms with Crippen LogP contribution in [0.25, 0.3) is 22.1 Å². The molecule has 0 aromatic carbocycles. The summed E-state index contributed by atoms with van der Waals surface area (Å²) in [7, 11) is 0. The van der Waals surface area contributed by atoms with Crippen LogP contribution >= 0.6 is 34.8 Å². The van der Waals surface area contributed by atoms with E-state index in [2.05, 4.69) is 34.0 Å². The van der Waals surface area contributed by atoms with Crippen LogP contribution in [0.5, 0.6) is 5.75 Å². The van der Waals surface area contributed by atoms with Crippen molar-refractivity contribution < 1.29 is 19.3 Å². The Balaban J connectivity index is 0.000000144. The van der Waals surface area contributed by atoms with Gasteiger partial charge in [0, 0.05) is 31.3 Å². The van der Waals surface area contributed by atoms with E-state index >= 15 is 0 Å². The third-order valence-corrected chi connectivity index (χ3v) is 11.7. The molecule has 0 radical (unpaired) electrons. The normalized spacial score (nSPS) is 22.7. The van der Waals surface area contributed by atoms with E-state index in [1.54, 1.807) is 23.0 Å². The zero-order valence-electron chi connectivity index (χ0n) is 28.7. The number of fused-ring (bicyclic) bond motifs is 2. The second-order valence-electron chi connectivity index (χ2n) is 14.0. The van der Waals surface area contributed by atoms with Crippen molar-refractivity contribution in [3.63, 3.8) is 0 Å². The first-order valence-corrected chi connectivity index (χ1v) is 19.1. The van der Waals surface area contributed by atoms with Crippen LogP contribution < -0.4 is 4.74 Å². The van der Waals surface area contributed by atoms with Gasteiger partial charge in [-0.05, 0) is 88.5 Å². The number of rotatable bonds is 8. The fourth-order valence-corrected chi connectivity index (χ4v) is 7.75.